The molecule has 32 heavy (non-hydrogen) atoms. The fraction of sp³-hybridized carbons (Fsp3) is 0.393. The van der Waals surface area contributed by atoms with Crippen molar-refractivity contribution in [2.24, 2.45) is 5.92 Å². The fourth-order valence-corrected chi connectivity index (χ4v) is 4.58. The molecule has 0 heterocycles. The van der Waals surface area contributed by atoms with Gasteiger partial charge in [-0.15, -0.1) is 0 Å². The molecule has 168 valence electrons. The Bertz CT molecular complexity index is 1080. The third-order valence-corrected chi connectivity index (χ3v) is 6.51. The SMILES string of the molecule is COC(=O)CCc1cccc(-c2ccc3cc(N(C)C)ccc3c2)c1OCC1CCCC1. The van der Waals surface area contributed by atoms with Gasteiger partial charge < -0.3 is 14.4 Å². The van der Waals surface area contributed by atoms with Crippen LogP contribution in [0.2, 0.25) is 0 Å². The molecule has 0 aliphatic heterocycles. The summed E-state index contributed by atoms with van der Waals surface area (Å²) in [4.78, 5) is 13.9. The Morgan fingerprint density at radius 2 is 1.75 bits per heavy atom. The average Bonchev–Trinajstić information content (AvgIpc) is 3.34. The molecule has 1 aliphatic carbocycles. The van der Waals surface area contributed by atoms with Crippen molar-refractivity contribution in [2.75, 3.05) is 32.7 Å². The van der Waals surface area contributed by atoms with Crippen LogP contribution < -0.4 is 9.64 Å². The number of rotatable bonds is 8. The van der Waals surface area contributed by atoms with Crippen LogP contribution in [0.3, 0.4) is 0 Å². The molecule has 3 aromatic rings. The van der Waals surface area contributed by atoms with Gasteiger partial charge in [0.25, 0.3) is 0 Å². The molecule has 4 rings (SSSR count). The molecule has 0 amide bonds. The molecule has 1 aliphatic rings. The Hall–Kier alpha value is -3.01. The van der Waals surface area contributed by atoms with E-state index in [2.05, 4.69) is 73.6 Å². The van der Waals surface area contributed by atoms with Crippen molar-refractivity contribution < 1.29 is 14.3 Å². The van der Waals surface area contributed by atoms with Crippen LogP contribution in [-0.2, 0) is 16.0 Å². The largest absolute Gasteiger partial charge is 0.492 e. The summed E-state index contributed by atoms with van der Waals surface area (Å²) in [6, 6.07) is 19.4. The van der Waals surface area contributed by atoms with E-state index in [-0.39, 0.29) is 5.97 Å². The summed E-state index contributed by atoms with van der Waals surface area (Å²) in [6.07, 6.45) is 6.04. The second-order valence-corrected chi connectivity index (χ2v) is 8.97. The van der Waals surface area contributed by atoms with Crippen molar-refractivity contribution in [3.8, 4) is 16.9 Å². The summed E-state index contributed by atoms with van der Waals surface area (Å²) in [5.74, 6) is 1.34. The van der Waals surface area contributed by atoms with Crippen LogP contribution in [0.1, 0.15) is 37.7 Å². The van der Waals surface area contributed by atoms with E-state index in [1.165, 1.54) is 49.3 Å². The number of fused-ring (bicyclic) bond motifs is 1. The number of hydrogen-bond acceptors (Lipinski definition) is 4. The zero-order chi connectivity index (χ0) is 22.5. The highest BCUT2D eigenvalue weighted by Gasteiger charge is 2.19. The fourth-order valence-electron chi connectivity index (χ4n) is 4.58. The van der Waals surface area contributed by atoms with Crippen LogP contribution in [0.15, 0.2) is 54.6 Å². The summed E-state index contributed by atoms with van der Waals surface area (Å²) in [7, 11) is 5.56. The zero-order valence-electron chi connectivity index (χ0n) is 19.4. The van der Waals surface area contributed by atoms with E-state index < -0.39 is 0 Å². The van der Waals surface area contributed by atoms with Crippen molar-refractivity contribution in [1.29, 1.82) is 0 Å². The van der Waals surface area contributed by atoms with Crippen molar-refractivity contribution in [3.05, 3.63) is 60.2 Å². The molecule has 0 bridgehead atoms. The molecule has 0 atom stereocenters. The molecular weight excluding hydrogens is 398 g/mol. The maximum atomic E-state index is 11.8. The molecule has 0 unspecified atom stereocenters. The second-order valence-electron chi connectivity index (χ2n) is 8.97. The average molecular weight is 432 g/mol. The van der Waals surface area contributed by atoms with E-state index in [9.17, 15) is 4.79 Å². The van der Waals surface area contributed by atoms with Gasteiger partial charge in [-0.25, -0.2) is 0 Å². The highest BCUT2D eigenvalue weighted by atomic mass is 16.5. The monoisotopic (exact) mass is 431 g/mol. The van der Waals surface area contributed by atoms with Crippen LogP contribution in [0, 0.1) is 5.92 Å². The molecule has 0 N–H and O–H groups in total. The van der Waals surface area contributed by atoms with Crippen molar-refractivity contribution in [1.82, 2.24) is 0 Å². The number of para-hydroxylation sites is 1. The maximum Gasteiger partial charge on any atom is 0.305 e. The number of esters is 1. The van der Waals surface area contributed by atoms with E-state index in [1.54, 1.807) is 0 Å². The van der Waals surface area contributed by atoms with E-state index >= 15 is 0 Å². The molecule has 4 heteroatoms. The van der Waals surface area contributed by atoms with E-state index in [0.717, 1.165) is 29.0 Å². The van der Waals surface area contributed by atoms with E-state index in [4.69, 9.17) is 9.47 Å². The van der Waals surface area contributed by atoms with Gasteiger partial charge in [0.1, 0.15) is 5.75 Å². The Balaban J connectivity index is 1.69. The summed E-state index contributed by atoms with van der Waals surface area (Å²) in [5, 5.41) is 2.42. The van der Waals surface area contributed by atoms with E-state index in [1.807, 2.05) is 0 Å². The van der Waals surface area contributed by atoms with E-state index in [0.29, 0.717) is 18.8 Å². The predicted molar refractivity (Wildman–Crippen MR) is 132 cm³/mol. The number of aryl methyl sites for hydroxylation is 1. The van der Waals surface area contributed by atoms with Gasteiger partial charge in [-0.1, -0.05) is 49.2 Å². The maximum absolute atomic E-state index is 11.8. The molecule has 1 saturated carbocycles. The summed E-state index contributed by atoms with van der Waals surface area (Å²) >= 11 is 0. The summed E-state index contributed by atoms with van der Waals surface area (Å²) in [5.41, 5.74) is 4.48. The minimum absolute atomic E-state index is 0.195. The van der Waals surface area contributed by atoms with Gasteiger partial charge >= 0.3 is 5.97 Å². The highest BCUT2D eigenvalue weighted by molar-refractivity contribution is 5.90. The molecule has 0 aromatic heterocycles. The zero-order valence-corrected chi connectivity index (χ0v) is 19.4. The number of carbonyl (C=O) groups is 1. The van der Waals surface area contributed by atoms with Gasteiger partial charge in [-0.2, -0.15) is 0 Å². The lowest BCUT2D eigenvalue weighted by Crippen LogP contribution is -2.11. The van der Waals surface area contributed by atoms with Gasteiger partial charge in [0.2, 0.25) is 0 Å². The van der Waals surface area contributed by atoms with Gasteiger partial charge in [-0.3, -0.25) is 4.79 Å². The van der Waals surface area contributed by atoms with Gasteiger partial charge in [-0.05, 0) is 65.3 Å². The standard InChI is InChI=1S/C28H33NO3/c1-29(2)25-15-13-22-17-24(12-11-23(22)18-25)26-10-6-9-21(14-16-27(30)31-3)28(26)32-19-20-7-4-5-8-20/h6,9-13,15,17-18,20H,4-5,7-8,14,16,19H2,1-3H3. The molecule has 3 aromatic carbocycles. The number of benzene rings is 3. The molecular formula is C28H33NO3. The van der Waals surface area contributed by atoms with Crippen LogP contribution in [-0.4, -0.2) is 33.8 Å². The second kappa shape index (κ2) is 10.1. The lowest BCUT2D eigenvalue weighted by atomic mass is 9.96. The summed E-state index contributed by atoms with van der Waals surface area (Å²) < 4.78 is 11.3. The number of carbonyl (C=O) groups excluding carboxylic acids is 1. The molecule has 4 nitrogen and oxygen atoms in total. The van der Waals surface area contributed by atoms with Gasteiger partial charge in [0, 0.05) is 31.8 Å². The minimum atomic E-state index is -0.195. The Kier molecular flexibility index (Phi) is 6.99. The van der Waals surface area contributed by atoms with Crippen LogP contribution in [0.25, 0.3) is 21.9 Å². The molecule has 0 spiro atoms. The number of anilines is 1. The first-order valence-corrected chi connectivity index (χ1v) is 11.6. The smallest absolute Gasteiger partial charge is 0.305 e. The lowest BCUT2D eigenvalue weighted by molar-refractivity contribution is -0.140. The lowest BCUT2D eigenvalue weighted by Gasteiger charge is -2.19. The summed E-state index contributed by atoms with van der Waals surface area (Å²) in [6.45, 7) is 0.738. The van der Waals surface area contributed by atoms with Crippen molar-refractivity contribution >= 4 is 22.4 Å². The first-order chi connectivity index (χ1) is 15.5. The van der Waals surface area contributed by atoms with Gasteiger partial charge in [0.05, 0.1) is 13.7 Å². The minimum Gasteiger partial charge on any atom is -0.492 e. The Morgan fingerprint density at radius 3 is 2.50 bits per heavy atom. The Labute approximate surface area is 191 Å². The Morgan fingerprint density at radius 1 is 1.00 bits per heavy atom. The molecule has 1 fully saturated rings. The molecule has 0 radical (unpaired) electrons. The number of nitrogens with zero attached hydrogens (tertiary/aromatic N) is 1. The van der Waals surface area contributed by atoms with Crippen molar-refractivity contribution in [2.45, 2.75) is 38.5 Å². The predicted octanol–water partition coefficient (Wildman–Crippen LogP) is 6.25. The third kappa shape index (κ3) is 5.07. The number of methoxy groups -OCH3 is 1. The highest BCUT2D eigenvalue weighted by Crippen LogP contribution is 2.37. The van der Waals surface area contributed by atoms with Crippen LogP contribution in [0.5, 0.6) is 5.75 Å². The van der Waals surface area contributed by atoms with Crippen LogP contribution >= 0.6 is 0 Å². The third-order valence-electron chi connectivity index (χ3n) is 6.51. The number of hydrogen-bond donors (Lipinski definition) is 0. The van der Waals surface area contributed by atoms with Crippen LogP contribution in [0.4, 0.5) is 5.69 Å². The van der Waals surface area contributed by atoms with Gasteiger partial charge in [0.15, 0.2) is 0 Å². The first-order valence-electron chi connectivity index (χ1n) is 11.6. The first kappa shape index (κ1) is 22.2. The molecule has 0 saturated heterocycles. The van der Waals surface area contributed by atoms with Crippen molar-refractivity contribution in [3.63, 3.8) is 0 Å². The number of ether oxygens (including phenoxy) is 2. The topological polar surface area (TPSA) is 38.8 Å². The normalized spacial score (nSPS) is 14.0. The quantitative estimate of drug-likeness (QED) is 0.395.